The Hall–Kier alpha value is -9.37. The number of aliphatic carboxylic acids is 1. The number of methoxy groups -OCH3 is 3. The third-order valence-corrected chi connectivity index (χ3v) is 22.6. The number of hydrogen-bond acceptors (Lipinski definition) is 16. The van der Waals surface area contributed by atoms with Crippen LogP contribution in [0.4, 0.5) is 4.39 Å². The minimum absolute atomic E-state index is 0.0103. The van der Waals surface area contributed by atoms with Crippen LogP contribution in [0.15, 0.2) is 181 Å². The van der Waals surface area contributed by atoms with Gasteiger partial charge in [0.1, 0.15) is 76.1 Å². The van der Waals surface area contributed by atoms with Crippen LogP contribution in [0.1, 0.15) is 54.3 Å². The van der Waals surface area contributed by atoms with Crippen molar-refractivity contribution in [3.63, 3.8) is 0 Å². The molecule has 4 heterocycles. The number of para-hydroxylation sites is 1. The lowest BCUT2D eigenvalue weighted by molar-refractivity contribution is -0.145. The van der Waals surface area contributed by atoms with E-state index in [1.165, 1.54) is 18.5 Å². The van der Waals surface area contributed by atoms with Gasteiger partial charge in [0.05, 0.1) is 44.2 Å². The topological polar surface area (TPSA) is 182 Å². The van der Waals surface area contributed by atoms with E-state index < -0.39 is 37.9 Å². The van der Waals surface area contributed by atoms with Gasteiger partial charge in [-0.05, 0) is 151 Å². The van der Waals surface area contributed by atoms with E-state index in [4.69, 9.17) is 58.6 Å². The molecular weight excluding hydrogens is 1240 g/mol. The van der Waals surface area contributed by atoms with Crippen molar-refractivity contribution in [1.82, 2.24) is 29.7 Å². The summed E-state index contributed by atoms with van der Waals surface area (Å²) >= 11 is 7.63. The number of furan rings is 1. The molecule has 1 saturated heterocycles. The minimum atomic E-state index is -2.40. The summed E-state index contributed by atoms with van der Waals surface area (Å²) in [5.41, 5.74) is 5.39. The monoisotopic (exact) mass is 1320 g/mol. The molecule has 2 atom stereocenters. The van der Waals surface area contributed by atoms with Crippen LogP contribution in [0.25, 0.3) is 44.9 Å². The van der Waals surface area contributed by atoms with Crippen LogP contribution in [-0.2, 0) is 28.2 Å². The zero-order chi connectivity index (χ0) is 67.0. The number of likely N-dealkylation sites (N-methyl/N-ethyl adjacent to an activating group) is 1. The summed E-state index contributed by atoms with van der Waals surface area (Å²) in [4.78, 5) is 37.0. The summed E-state index contributed by atoms with van der Waals surface area (Å²) in [6, 6.07) is 50.1. The number of rotatable bonds is 26. The predicted molar refractivity (Wildman–Crippen MR) is 367 cm³/mol. The number of nitrogens with zero attached hydrogens (tertiary/aromatic N) is 6. The van der Waals surface area contributed by atoms with Crippen LogP contribution in [0.2, 0.25) is 23.2 Å². The van der Waals surface area contributed by atoms with Crippen molar-refractivity contribution < 1.29 is 56.3 Å². The van der Waals surface area contributed by atoms with Crippen molar-refractivity contribution >= 4 is 37.0 Å². The van der Waals surface area contributed by atoms with Gasteiger partial charge in [0.25, 0.3) is 0 Å². The molecule has 10 aromatic rings. The Kier molecular flexibility index (Phi) is 20.5. The molecule has 0 spiro atoms. The van der Waals surface area contributed by atoms with Crippen LogP contribution in [0.3, 0.4) is 0 Å². The van der Waals surface area contributed by atoms with E-state index in [0.29, 0.717) is 85.9 Å². The number of carbonyl (C=O) groups is 1. The molecule has 20 heteroatoms. The molecule has 1 aliphatic rings. The van der Waals surface area contributed by atoms with Crippen molar-refractivity contribution in [1.29, 1.82) is 0 Å². The number of fused-ring (bicyclic) bond motifs is 1. The van der Waals surface area contributed by atoms with Gasteiger partial charge >= 0.3 is 5.97 Å². The molecule has 3 aromatic heterocycles. The summed E-state index contributed by atoms with van der Waals surface area (Å²) < 4.78 is 72.9. The molecule has 0 amide bonds. The zero-order valence-electron chi connectivity index (χ0n) is 55.0. The third-order valence-electron chi connectivity index (χ3n) is 17.8. The highest BCUT2D eigenvalue weighted by Gasteiger charge is 2.41. The number of carboxylic acid groups (broad SMARTS) is 1. The molecule has 0 aliphatic carbocycles. The molecule has 1 N–H and O–H groups in total. The number of carboxylic acids is 1. The van der Waals surface area contributed by atoms with Gasteiger partial charge in [-0.25, -0.2) is 29.1 Å². The molecule has 0 saturated carbocycles. The fourth-order valence-corrected chi connectivity index (χ4v) is 12.7. The predicted octanol–water partition coefficient (Wildman–Crippen LogP) is 15.2. The molecule has 1 aliphatic heterocycles. The largest absolute Gasteiger partial charge is 0.543 e. The van der Waals surface area contributed by atoms with E-state index in [2.05, 4.69) is 77.8 Å². The van der Waals surface area contributed by atoms with Gasteiger partial charge in [-0.1, -0.05) is 105 Å². The lowest BCUT2D eigenvalue weighted by Crippen LogP contribution is -2.49. The Morgan fingerprint density at radius 3 is 2.01 bits per heavy atom. The van der Waals surface area contributed by atoms with Gasteiger partial charge in [0.2, 0.25) is 26.0 Å². The molecule has 1 fully saturated rings. The Labute approximate surface area is 559 Å². The molecule has 95 heavy (non-hydrogen) atoms. The second-order valence-corrected chi connectivity index (χ2v) is 30.1. The Bertz CT molecular complexity index is 4230. The van der Waals surface area contributed by atoms with Gasteiger partial charge < -0.3 is 52.0 Å². The number of hydrogen-bond donors (Lipinski definition) is 1. The second kappa shape index (κ2) is 29.1. The first-order valence-corrected chi connectivity index (χ1v) is 34.7. The van der Waals surface area contributed by atoms with Gasteiger partial charge in [-0.2, -0.15) is 0 Å². The first kappa shape index (κ1) is 67.1. The van der Waals surface area contributed by atoms with Crippen molar-refractivity contribution in [3.8, 4) is 74.2 Å². The fraction of sp³-hybridized carbons (Fsp3) is 0.293. The van der Waals surface area contributed by atoms with Gasteiger partial charge in [-0.15, -0.1) is 0 Å². The van der Waals surface area contributed by atoms with Crippen molar-refractivity contribution in [2.75, 3.05) is 67.7 Å². The average molecular weight is 1320 g/mol. The Morgan fingerprint density at radius 1 is 0.716 bits per heavy atom. The number of aromatic nitrogens is 4. The minimum Gasteiger partial charge on any atom is -0.543 e. The van der Waals surface area contributed by atoms with Crippen molar-refractivity contribution in [3.05, 3.63) is 221 Å². The van der Waals surface area contributed by atoms with Gasteiger partial charge in [-0.3, -0.25) is 4.90 Å². The lowest BCUT2D eigenvalue weighted by Gasteiger charge is -2.39. The van der Waals surface area contributed by atoms with E-state index in [-0.39, 0.29) is 52.4 Å². The van der Waals surface area contributed by atoms with E-state index in [0.717, 1.165) is 42.9 Å². The Morgan fingerprint density at radius 2 is 1.36 bits per heavy atom. The molecule has 492 valence electrons. The SMILES string of the molecule is COc1ccc(C(OC[C@@H](CN2CCN(C)CC2)Oc2ccc(-c3c(-c4ccc(F)cc4)oc4ncnc(OC(Cc5cc(O[Si](C)(C)C(C)(C)C)ccc5OCc5ccnc(-c6ccccc6OC)n5)C(=O)O)c34)c(C)c2Cl)(c2ccccc2)c2ccc(OC)cc2)cc1. The van der Waals surface area contributed by atoms with Gasteiger partial charge in [0.15, 0.2) is 5.82 Å². The molecule has 1 unspecified atom stereocenters. The maximum atomic E-state index is 14.8. The van der Waals surface area contributed by atoms with Crippen molar-refractivity contribution in [2.45, 2.75) is 76.7 Å². The molecular formula is C75H78ClFN6O11Si. The Balaban J connectivity index is 0.961. The van der Waals surface area contributed by atoms with Crippen LogP contribution in [0.5, 0.6) is 40.4 Å². The lowest BCUT2D eigenvalue weighted by atomic mass is 9.80. The molecule has 7 aromatic carbocycles. The summed E-state index contributed by atoms with van der Waals surface area (Å²) in [5.74, 6) is 2.23. The summed E-state index contributed by atoms with van der Waals surface area (Å²) in [6.45, 7) is 16.6. The van der Waals surface area contributed by atoms with Crippen LogP contribution in [0, 0.1) is 12.7 Å². The highest BCUT2D eigenvalue weighted by Crippen LogP contribution is 2.48. The quantitative estimate of drug-likeness (QED) is 0.0399. The highest BCUT2D eigenvalue weighted by molar-refractivity contribution is 6.74. The number of halogens is 2. The average Bonchev–Trinajstić information content (AvgIpc) is 1.72. The molecule has 0 bridgehead atoms. The first-order chi connectivity index (χ1) is 45.7. The molecule has 0 radical (unpaired) electrons. The second-order valence-electron chi connectivity index (χ2n) is 25.0. The summed E-state index contributed by atoms with van der Waals surface area (Å²) in [6.07, 6.45) is 0.542. The first-order valence-electron chi connectivity index (χ1n) is 31.4. The van der Waals surface area contributed by atoms with E-state index in [1.807, 2.05) is 110 Å². The van der Waals surface area contributed by atoms with Gasteiger partial charge in [0, 0.05) is 62.0 Å². The van der Waals surface area contributed by atoms with Crippen LogP contribution >= 0.6 is 11.6 Å². The maximum absolute atomic E-state index is 14.8. The smallest absolute Gasteiger partial charge is 0.345 e. The number of piperazine rings is 1. The maximum Gasteiger partial charge on any atom is 0.345 e. The normalized spacial score (nSPS) is 13.9. The van der Waals surface area contributed by atoms with Crippen LogP contribution in [-0.4, -0.2) is 129 Å². The summed E-state index contributed by atoms with van der Waals surface area (Å²) in [7, 11) is 4.59. The molecule has 11 rings (SSSR count). The zero-order valence-corrected chi connectivity index (χ0v) is 56.8. The summed E-state index contributed by atoms with van der Waals surface area (Å²) in [5, 5.41) is 11.6. The highest BCUT2D eigenvalue weighted by atomic mass is 35.5. The van der Waals surface area contributed by atoms with E-state index >= 15 is 0 Å². The standard InChI is InChI=1S/C75H78ClFN6O11Si/c1-48-60(33-35-64(68(48)76)91-59(44-83-40-38-82(5)39-41-83)46-90-75(51-16-12-11-13-17-51,52-22-28-56(86-6)29-23-52)53-24-30-57(87-7)31-25-53)66-67-71(79-47-80-72(67)93-69(66)49-20-26-54(77)27-21-49)92-65(73(84)85)43-50-42-58(94-95(9,10)74(2,3)4)32-34-62(50)89-45-55-36-37-78-70(81-55)61-18-14-15-19-63(61)88-8/h11-37,42,47,59,65H,38-41,43-46H2,1-10H3,(H,84,85)/t59-,65?/m1/s1. The number of ether oxygens (including phenoxy) is 7. The number of benzene rings is 7. The third kappa shape index (κ3) is 14.9. The van der Waals surface area contributed by atoms with E-state index in [1.54, 1.807) is 63.9 Å². The van der Waals surface area contributed by atoms with Crippen LogP contribution < -0.4 is 32.8 Å². The van der Waals surface area contributed by atoms with E-state index in [9.17, 15) is 14.3 Å². The van der Waals surface area contributed by atoms with Crippen molar-refractivity contribution in [2.24, 2.45) is 0 Å². The fourth-order valence-electron chi connectivity index (χ4n) is 11.5. The molecule has 17 nitrogen and oxygen atoms in total.